The maximum absolute atomic E-state index is 13.1. The fourth-order valence-electron chi connectivity index (χ4n) is 2.77. The molecule has 144 valence electrons. The van der Waals surface area contributed by atoms with Gasteiger partial charge in [0.1, 0.15) is 5.82 Å². The summed E-state index contributed by atoms with van der Waals surface area (Å²) in [5, 5.41) is 15.5. The Bertz CT molecular complexity index is 988. The van der Waals surface area contributed by atoms with Gasteiger partial charge in [0, 0.05) is 26.2 Å². The summed E-state index contributed by atoms with van der Waals surface area (Å²) in [5.41, 5.74) is -1.88. The highest BCUT2D eigenvalue weighted by Crippen LogP contribution is 2.34. The normalized spacial score (nSPS) is 16.3. The highest BCUT2D eigenvalue weighted by Gasteiger charge is 2.36. The number of sulfonamides is 1. The molecule has 0 unspecified atom stereocenters. The molecule has 1 saturated heterocycles. The lowest BCUT2D eigenvalue weighted by molar-refractivity contribution is -0.137. The molecule has 1 aliphatic rings. The third-order valence-electron chi connectivity index (χ3n) is 4.16. The van der Waals surface area contributed by atoms with Crippen molar-refractivity contribution in [2.45, 2.75) is 18.0 Å². The monoisotopic (exact) mass is 400 g/mol. The van der Waals surface area contributed by atoms with Gasteiger partial charge in [-0.3, -0.25) is 5.10 Å². The molecule has 0 radical (unpaired) electrons. The first kappa shape index (κ1) is 19.1. The van der Waals surface area contributed by atoms with Crippen LogP contribution in [-0.2, 0) is 16.2 Å². The van der Waals surface area contributed by atoms with E-state index in [0.29, 0.717) is 30.9 Å². The highest BCUT2D eigenvalue weighted by molar-refractivity contribution is 7.89. The van der Waals surface area contributed by atoms with E-state index in [4.69, 9.17) is 5.26 Å². The van der Waals surface area contributed by atoms with E-state index in [2.05, 4.69) is 15.2 Å². The van der Waals surface area contributed by atoms with Crippen molar-refractivity contribution in [3.05, 3.63) is 35.2 Å². The number of nitriles is 1. The number of rotatable bonds is 3. The number of benzene rings is 1. The van der Waals surface area contributed by atoms with Crippen LogP contribution < -0.4 is 4.90 Å². The van der Waals surface area contributed by atoms with Gasteiger partial charge in [-0.25, -0.2) is 8.42 Å². The maximum atomic E-state index is 13.1. The number of nitrogens with one attached hydrogen (secondary N) is 1. The first-order chi connectivity index (χ1) is 12.6. The largest absolute Gasteiger partial charge is 0.417 e. The molecule has 1 aromatic carbocycles. The summed E-state index contributed by atoms with van der Waals surface area (Å²) < 4.78 is 65.9. The predicted molar refractivity (Wildman–Crippen MR) is 88.3 cm³/mol. The van der Waals surface area contributed by atoms with Gasteiger partial charge in [-0.15, -0.1) is 5.10 Å². The molecule has 3 rings (SSSR count). The van der Waals surface area contributed by atoms with Gasteiger partial charge in [0.05, 0.1) is 22.1 Å². The molecule has 1 aliphatic heterocycles. The van der Waals surface area contributed by atoms with Crippen LogP contribution in [-0.4, -0.2) is 54.1 Å². The van der Waals surface area contributed by atoms with E-state index in [1.807, 2.05) is 0 Å². The lowest BCUT2D eigenvalue weighted by Gasteiger charge is -2.33. The first-order valence-electron chi connectivity index (χ1n) is 7.88. The molecule has 2 aromatic rings. The second-order valence-corrected chi connectivity index (χ2v) is 7.87. The Labute approximate surface area is 153 Å². The molecule has 8 nitrogen and oxygen atoms in total. The lowest BCUT2D eigenvalue weighted by Crippen LogP contribution is -2.49. The van der Waals surface area contributed by atoms with Gasteiger partial charge in [-0.2, -0.15) is 27.7 Å². The van der Waals surface area contributed by atoms with Crippen LogP contribution in [0.1, 0.15) is 17.0 Å². The van der Waals surface area contributed by atoms with E-state index in [9.17, 15) is 21.6 Å². The molecule has 1 aromatic heterocycles. The topological polar surface area (TPSA) is 106 Å². The summed E-state index contributed by atoms with van der Waals surface area (Å²) in [6.45, 7) is 2.51. The van der Waals surface area contributed by atoms with Crippen LogP contribution in [0.25, 0.3) is 0 Å². The second-order valence-electron chi connectivity index (χ2n) is 5.93. The molecule has 27 heavy (non-hydrogen) atoms. The van der Waals surface area contributed by atoms with Crippen molar-refractivity contribution >= 4 is 16.0 Å². The molecule has 0 aliphatic carbocycles. The number of alkyl halides is 3. The molecule has 12 heteroatoms. The number of aromatic amines is 1. The van der Waals surface area contributed by atoms with E-state index in [0.717, 1.165) is 16.4 Å². The number of halogens is 3. The summed E-state index contributed by atoms with van der Waals surface area (Å²) in [6.07, 6.45) is -4.82. The van der Waals surface area contributed by atoms with Crippen molar-refractivity contribution in [1.82, 2.24) is 19.5 Å². The molecule has 0 atom stereocenters. The average Bonchev–Trinajstić information content (AvgIpc) is 3.07. The van der Waals surface area contributed by atoms with Crippen molar-refractivity contribution in [2.24, 2.45) is 0 Å². The molecule has 2 heterocycles. The van der Waals surface area contributed by atoms with Gasteiger partial charge < -0.3 is 4.90 Å². The van der Waals surface area contributed by atoms with Crippen LogP contribution in [0, 0.1) is 18.3 Å². The standard InChI is InChI=1S/C15H15F3N6O2S/c1-10-20-14(22-21-10)23-4-6-24(7-5-23)27(25,26)12-3-2-11(9-19)13(8-12)15(16,17)18/h2-3,8H,4-7H2,1H3,(H,20,21,22). The highest BCUT2D eigenvalue weighted by atomic mass is 32.2. The van der Waals surface area contributed by atoms with Crippen LogP contribution in [0.15, 0.2) is 23.1 Å². The second kappa shape index (κ2) is 6.82. The third kappa shape index (κ3) is 3.74. The Balaban J connectivity index is 1.82. The maximum Gasteiger partial charge on any atom is 0.417 e. The number of nitrogens with zero attached hydrogens (tertiary/aromatic N) is 5. The molecule has 0 bridgehead atoms. The third-order valence-corrected chi connectivity index (χ3v) is 6.06. The minimum Gasteiger partial charge on any atom is -0.337 e. The lowest BCUT2D eigenvalue weighted by atomic mass is 10.1. The van der Waals surface area contributed by atoms with Crippen LogP contribution in [0.5, 0.6) is 0 Å². The molecule has 0 amide bonds. The SMILES string of the molecule is Cc1nc(N2CCN(S(=O)(=O)c3ccc(C#N)c(C(F)(F)F)c3)CC2)n[nH]1. The number of aryl methyl sites for hydroxylation is 1. The molecular weight excluding hydrogens is 385 g/mol. The number of hydrogen-bond acceptors (Lipinski definition) is 6. The number of piperazine rings is 1. The molecular formula is C15H15F3N6O2S. The van der Waals surface area contributed by atoms with E-state index in [-0.39, 0.29) is 13.1 Å². The Morgan fingerprint density at radius 3 is 2.41 bits per heavy atom. The average molecular weight is 400 g/mol. The molecule has 0 saturated carbocycles. The summed E-state index contributed by atoms with van der Waals surface area (Å²) in [4.78, 5) is 5.47. The predicted octanol–water partition coefficient (Wildman–Crippen LogP) is 1.51. The Hall–Kier alpha value is -2.65. The van der Waals surface area contributed by atoms with Gasteiger partial charge in [0.2, 0.25) is 16.0 Å². The smallest absolute Gasteiger partial charge is 0.337 e. The molecule has 0 spiro atoms. The first-order valence-corrected chi connectivity index (χ1v) is 9.32. The number of anilines is 1. The van der Waals surface area contributed by atoms with Gasteiger partial charge in [0.15, 0.2) is 0 Å². The minimum atomic E-state index is -4.82. The van der Waals surface area contributed by atoms with Crippen LogP contribution in [0.4, 0.5) is 19.1 Å². The van der Waals surface area contributed by atoms with E-state index in [1.165, 1.54) is 6.07 Å². The summed E-state index contributed by atoms with van der Waals surface area (Å²) in [7, 11) is -4.12. The fourth-order valence-corrected chi connectivity index (χ4v) is 4.21. The van der Waals surface area contributed by atoms with Crippen LogP contribution in [0.2, 0.25) is 0 Å². The van der Waals surface area contributed by atoms with E-state index in [1.54, 1.807) is 11.8 Å². The number of H-pyrrole nitrogens is 1. The van der Waals surface area contributed by atoms with Crippen molar-refractivity contribution in [3.8, 4) is 6.07 Å². The van der Waals surface area contributed by atoms with E-state index < -0.39 is 32.2 Å². The van der Waals surface area contributed by atoms with Crippen LogP contribution in [0.3, 0.4) is 0 Å². The summed E-state index contributed by atoms with van der Waals surface area (Å²) >= 11 is 0. The van der Waals surface area contributed by atoms with Gasteiger partial charge in [-0.05, 0) is 25.1 Å². The number of aromatic nitrogens is 3. The summed E-state index contributed by atoms with van der Waals surface area (Å²) in [6, 6.07) is 3.85. The van der Waals surface area contributed by atoms with Crippen molar-refractivity contribution in [1.29, 1.82) is 5.26 Å². The molecule has 1 N–H and O–H groups in total. The zero-order valence-electron chi connectivity index (χ0n) is 14.2. The minimum absolute atomic E-state index is 0.0806. The van der Waals surface area contributed by atoms with Crippen LogP contribution >= 0.6 is 0 Å². The van der Waals surface area contributed by atoms with Crippen molar-refractivity contribution in [2.75, 3.05) is 31.1 Å². The van der Waals surface area contributed by atoms with Crippen molar-refractivity contribution in [3.63, 3.8) is 0 Å². The van der Waals surface area contributed by atoms with Gasteiger partial charge in [-0.1, -0.05) is 0 Å². The Morgan fingerprint density at radius 1 is 1.22 bits per heavy atom. The number of hydrogen-bond donors (Lipinski definition) is 1. The summed E-state index contributed by atoms with van der Waals surface area (Å²) in [5.74, 6) is 1.07. The van der Waals surface area contributed by atoms with Crippen molar-refractivity contribution < 1.29 is 21.6 Å². The Morgan fingerprint density at radius 2 is 1.89 bits per heavy atom. The quantitative estimate of drug-likeness (QED) is 0.837. The zero-order valence-corrected chi connectivity index (χ0v) is 15.0. The van der Waals surface area contributed by atoms with Gasteiger partial charge in [0.25, 0.3) is 0 Å². The zero-order chi connectivity index (χ0) is 19.8. The Kier molecular flexibility index (Phi) is 4.83. The van der Waals surface area contributed by atoms with Gasteiger partial charge >= 0.3 is 6.18 Å². The van der Waals surface area contributed by atoms with E-state index >= 15 is 0 Å². The molecule has 1 fully saturated rings. The fraction of sp³-hybridized carbons (Fsp3) is 0.400.